The predicted molar refractivity (Wildman–Crippen MR) is 63.9 cm³/mol. The summed E-state index contributed by atoms with van der Waals surface area (Å²) in [6, 6.07) is 6.03. The molecular weight excluding hydrogens is 214 g/mol. The first-order valence-electron chi connectivity index (χ1n) is 5.43. The number of nitrogens with zero attached hydrogens (tertiary/aromatic N) is 4. The molecule has 0 aromatic carbocycles. The molecule has 0 radical (unpaired) electrons. The summed E-state index contributed by atoms with van der Waals surface area (Å²) in [6.45, 7) is 1.48. The molecule has 5 heteroatoms. The highest BCUT2D eigenvalue weighted by Gasteiger charge is 2.02. The lowest BCUT2D eigenvalue weighted by atomic mass is 10.3. The van der Waals surface area contributed by atoms with Gasteiger partial charge in [0.15, 0.2) is 0 Å². The third kappa shape index (κ3) is 2.74. The van der Waals surface area contributed by atoms with Gasteiger partial charge in [0.05, 0.1) is 5.69 Å². The van der Waals surface area contributed by atoms with Crippen molar-refractivity contribution in [3.63, 3.8) is 0 Å². The summed E-state index contributed by atoms with van der Waals surface area (Å²) in [5.74, 6) is 0. The molecule has 0 aliphatic rings. The molecule has 2 aromatic rings. The Morgan fingerprint density at radius 3 is 2.82 bits per heavy atom. The predicted octanol–water partition coefficient (Wildman–Crippen LogP) is 0.920. The lowest BCUT2D eigenvalue weighted by Gasteiger charge is -1.99. The summed E-state index contributed by atoms with van der Waals surface area (Å²) < 4.78 is 3.62. The summed E-state index contributed by atoms with van der Waals surface area (Å²) in [4.78, 5) is 0. The van der Waals surface area contributed by atoms with E-state index in [2.05, 4.69) is 16.5 Å². The second-order valence-electron chi connectivity index (χ2n) is 4.04. The minimum Gasteiger partial charge on any atom is -0.342 e. The van der Waals surface area contributed by atoms with Crippen LogP contribution in [-0.4, -0.2) is 14.3 Å². The van der Waals surface area contributed by atoms with Crippen molar-refractivity contribution >= 4 is 0 Å². The third-order valence-electron chi connectivity index (χ3n) is 2.58. The molecule has 2 heterocycles. The average Bonchev–Trinajstić information content (AvgIpc) is 2.85. The lowest BCUT2D eigenvalue weighted by Crippen LogP contribution is -2.12. The van der Waals surface area contributed by atoms with Crippen molar-refractivity contribution in [3.8, 4) is 6.07 Å². The van der Waals surface area contributed by atoms with Gasteiger partial charge in [-0.15, -0.1) is 0 Å². The normalized spacial score (nSPS) is 10.4. The average molecular weight is 229 g/mol. The number of aryl methyl sites for hydroxylation is 2. The van der Waals surface area contributed by atoms with Crippen LogP contribution < -0.4 is 5.32 Å². The zero-order valence-electron chi connectivity index (χ0n) is 10.0. The van der Waals surface area contributed by atoms with E-state index in [0.717, 1.165) is 24.3 Å². The van der Waals surface area contributed by atoms with Crippen molar-refractivity contribution in [2.75, 3.05) is 0 Å². The second kappa shape index (κ2) is 4.85. The van der Waals surface area contributed by atoms with E-state index in [-0.39, 0.29) is 0 Å². The summed E-state index contributed by atoms with van der Waals surface area (Å²) in [7, 11) is 3.78. The van der Waals surface area contributed by atoms with Gasteiger partial charge >= 0.3 is 0 Å². The number of nitrogens with one attached hydrogen (secondary N) is 1. The Hall–Kier alpha value is -2.06. The zero-order valence-corrected chi connectivity index (χ0v) is 10.0. The fourth-order valence-electron chi connectivity index (χ4n) is 1.73. The highest BCUT2D eigenvalue weighted by atomic mass is 15.3. The maximum absolute atomic E-state index is 8.83. The van der Waals surface area contributed by atoms with Crippen LogP contribution in [0.2, 0.25) is 0 Å². The molecule has 2 aromatic heterocycles. The maximum atomic E-state index is 8.83. The van der Waals surface area contributed by atoms with Crippen molar-refractivity contribution in [1.29, 1.82) is 5.26 Å². The van der Waals surface area contributed by atoms with Crippen LogP contribution in [-0.2, 0) is 27.2 Å². The Balaban J connectivity index is 1.88. The number of aromatic nitrogens is 3. The first-order valence-corrected chi connectivity index (χ1v) is 5.43. The summed E-state index contributed by atoms with van der Waals surface area (Å²) in [5.41, 5.74) is 2.81. The van der Waals surface area contributed by atoms with Crippen LogP contribution in [0.5, 0.6) is 0 Å². The zero-order chi connectivity index (χ0) is 12.3. The van der Waals surface area contributed by atoms with Crippen LogP contribution in [0.1, 0.15) is 17.0 Å². The van der Waals surface area contributed by atoms with E-state index in [0.29, 0.717) is 5.69 Å². The molecule has 17 heavy (non-hydrogen) atoms. The van der Waals surface area contributed by atoms with Crippen LogP contribution in [0.15, 0.2) is 24.5 Å². The van der Waals surface area contributed by atoms with Gasteiger partial charge in [-0.3, -0.25) is 4.68 Å². The Morgan fingerprint density at radius 1 is 1.41 bits per heavy atom. The van der Waals surface area contributed by atoms with E-state index in [1.54, 1.807) is 4.68 Å². The number of nitriles is 1. The number of rotatable bonds is 4. The molecule has 0 atom stereocenters. The monoisotopic (exact) mass is 229 g/mol. The fraction of sp³-hybridized carbons (Fsp3) is 0.333. The smallest absolute Gasteiger partial charge is 0.120 e. The first kappa shape index (κ1) is 11.4. The second-order valence-corrected chi connectivity index (χ2v) is 4.04. The van der Waals surface area contributed by atoms with Crippen molar-refractivity contribution in [3.05, 3.63) is 41.5 Å². The van der Waals surface area contributed by atoms with E-state index in [9.17, 15) is 0 Å². The Morgan fingerprint density at radius 2 is 2.24 bits per heavy atom. The largest absolute Gasteiger partial charge is 0.342 e. The summed E-state index contributed by atoms with van der Waals surface area (Å²) in [6.07, 6.45) is 3.89. The number of hydrogen-bond acceptors (Lipinski definition) is 3. The van der Waals surface area contributed by atoms with E-state index >= 15 is 0 Å². The highest BCUT2D eigenvalue weighted by molar-refractivity contribution is 5.28. The highest BCUT2D eigenvalue weighted by Crippen LogP contribution is 2.05. The van der Waals surface area contributed by atoms with Crippen LogP contribution in [0.3, 0.4) is 0 Å². The van der Waals surface area contributed by atoms with Crippen molar-refractivity contribution < 1.29 is 0 Å². The van der Waals surface area contributed by atoms with Gasteiger partial charge in [-0.2, -0.15) is 10.4 Å². The fourth-order valence-corrected chi connectivity index (χ4v) is 1.73. The summed E-state index contributed by atoms with van der Waals surface area (Å²) >= 11 is 0. The molecule has 0 unspecified atom stereocenters. The van der Waals surface area contributed by atoms with Crippen LogP contribution >= 0.6 is 0 Å². The molecule has 1 N–H and O–H groups in total. The molecule has 0 aliphatic carbocycles. The molecular formula is C12H15N5. The Labute approximate surface area is 100 Å². The molecule has 0 spiro atoms. The van der Waals surface area contributed by atoms with E-state index in [4.69, 9.17) is 5.26 Å². The third-order valence-corrected chi connectivity index (χ3v) is 2.58. The van der Waals surface area contributed by atoms with E-state index in [1.165, 1.54) is 0 Å². The van der Waals surface area contributed by atoms with Gasteiger partial charge in [0.2, 0.25) is 0 Å². The quantitative estimate of drug-likeness (QED) is 0.848. The molecule has 5 nitrogen and oxygen atoms in total. The molecule has 0 fully saturated rings. The van der Waals surface area contributed by atoms with Crippen LogP contribution in [0.25, 0.3) is 0 Å². The Bertz CT molecular complexity index is 543. The minimum atomic E-state index is 0.680. The van der Waals surface area contributed by atoms with Gasteiger partial charge < -0.3 is 9.88 Å². The molecule has 88 valence electrons. The molecule has 0 saturated carbocycles. The van der Waals surface area contributed by atoms with Crippen molar-refractivity contribution in [1.82, 2.24) is 19.7 Å². The molecule has 0 aliphatic heterocycles. The molecule has 2 rings (SSSR count). The van der Waals surface area contributed by atoms with Gasteiger partial charge in [-0.1, -0.05) is 0 Å². The van der Waals surface area contributed by atoms with Crippen molar-refractivity contribution in [2.45, 2.75) is 13.1 Å². The van der Waals surface area contributed by atoms with Crippen molar-refractivity contribution in [2.24, 2.45) is 14.1 Å². The topological polar surface area (TPSA) is 58.6 Å². The van der Waals surface area contributed by atoms with Gasteiger partial charge in [0, 0.05) is 39.6 Å². The van der Waals surface area contributed by atoms with Gasteiger partial charge in [-0.25, -0.2) is 0 Å². The van der Waals surface area contributed by atoms with Crippen LogP contribution in [0.4, 0.5) is 0 Å². The number of hydrogen-bond donors (Lipinski definition) is 1. The van der Waals surface area contributed by atoms with Crippen LogP contribution in [0, 0.1) is 11.3 Å². The standard InChI is InChI=1S/C12H15N5/c1-16-9-10(5-12(16)6-13)7-14-8-11-3-4-17(2)15-11/h3-5,9,14H,7-8H2,1-2H3. The molecule has 0 bridgehead atoms. The molecule has 0 amide bonds. The van der Waals surface area contributed by atoms with Gasteiger partial charge in [0.1, 0.15) is 11.8 Å². The minimum absolute atomic E-state index is 0.680. The summed E-state index contributed by atoms with van der Waals surface area (Å²) in [5, 5.41) is 16.4. The van der Waals surface area contributed by atoms with Gasteiger partial charge in [0.25, 0.3) is 0 Å². The SMILES string of the molecule is Cn1ccc(CNCc2cc(C#N)n(C)c2)n1. The molecule has 0 saturated heterocycles. The van der Waals surface area contributed by atoms with E-state index in [1.807, 2.05) is 43.2 Å². The van der Waals surface area contributed by atoms with Gasteiger partial charge in [-0.05, 0) is 17.7 Å². The van der Waals surface area contributed by atoms with E-state index < -0.39 is 0 Å². The maximum Gasteiger partial charge on any atom is 0.120 e. The lowest BCUT2D eigenvalue weighted by molar-refractivity contribution is 0.656. The Kier molecular flexibility index (Phi) is 3.26. The first-order chi connectivity index (χ1) is 8.19.